The zero-order chi connectivity index (χ0) is 17.1. The number of carbonyl (C=O) groups excluding carboxylic acids is 2. The number of benzene rings is 1. The van der Waals surface area contributed by atoms with Gasteiger partial charge in [0.1, 0.15) is 5.75 Å². The zero-order valence-electron chi connectivity index (χ0n) is 12.3. The maximum Gasteiger partial charge on any atom is 0.345 e. The van der Waals surface area contributed by atoms with Crippen molar-refractivity contribution in [2.45, 2.75) is 6.92 Å². The minimum atomic E-state index is -0.598. The van der Waals surface area contributed by atoms with Gasteiger partial charge in [-0.05, 0) is 31.2 Å². The van der Waals surface area contributed by atoms with Crippen LogP contribution < -0.4 is 4.74 Å². The van der Waals surface area contributed by atoms with Crippen molar-refractivity contribution in [2.75, 3.05) is 19.8 Å². The summed E-state index contributed by atoms with van der Waals surface area (Å²) in [5.74, 6) is 4.33. The molecule has 0 bridgehead atoms. The van der Waals surface area contributed by atoms with E-state index >= 15 is 0 Å². The maximum absolute atomic E-state index is 11.4. The van der Waals surface area contributed by atoms with Crippen LogP contribution in [-0.4, -0.2) is 31.8 Å². The number of rotatable bonds is 6. The van der Waals surface area contributed by atoms with Gasteiger partial charge in [-0.2, -0.15) is 0 Å². The first-order chi connectivity index (χ1) is 11.0. The maximum atomic E-state index is 11.4. The molecule has 0 aliphatic rings. The monoisotopic (exact) mass is 356 g/mol. The van der Waals surface area contributed by atoms with Gasteiger partial charge in [0.25, 0.3) is 0 Å². The van der Waals surface area contributed by atoms with Crippen molar-refractivity contribution in [2.24, 2.45) is 0 Å². The van der Waals surface area contributed by atoms with Crippen molar-refractivity contribution in [3.8, 4) is 17.6 Å². The van der Waals surface area contributed by atoms with Gasteiger partial charge in [-0.25, -0.2) is 9.59 Å². The Bertz CT molecular complexity index is 644. The van der Waals surface area contributed by atoms with Crippen LogP contribution in [-0.2, 0) is 19.1 Å². The normalized spacial score (nSPS) is 9.87. The van der Waals surface area contributed by atoms with Gasteiger partial charge in [0, 0.05) is 11.1 Å². The Balaban J connectivity index is 2.29. The van der Waals surface area contributed by atoms with Gasteiger partial charge in [0.05, 0.1) is 11.6 Å². The summed E-state index contributed by atoms with van der Waals surface area (Å²) in [7, 11) is 0. The summed E-state index contributed by atoms with van der Waals surface area (Å²) in [5, 5.41) is 0.769. The second-order valence-corrected chi connectivity index (χ2v) is 4.77. The van der Waals surface area contributed by atoms with Crippen molar-refractivity contribution in [1.29, 1.82) is 0 Å². The minimum Gasteiger partial charge on any atom is -0.480 e. The van der Waals surface area contributed by atoms with E-state index in [2.05, 4.69) is 16.6 Å². The van der Waals surface area contributed by atoms with Crippen LogP contribution in [0, 0.1) is 11.8 Å². The van der Waals surface area contributed by atoms with Gasteiger partial charge in [0.15, 0.2) is 13.2 Å². The van der Waals surface area contributed by atoms with E-state index in [4.69, 9.17) is 32.7 Å². The molecule has 122 valence electrons. The smallest absolute Gasteiger partial charge is 0.345 e. The summed E-state index contributed by atoms with van der Waals surface area (Å²) < 4.78 is 14.7. The van der Waals surface area contributed by atoms with Crippen LogP contribution >= 0.6 is 23.2 Å². The molecule has 1 aromatic carbocycles. The molecule has 0 aliphatic heterocycles. The van der Waals surface area contributed by atoms with Crippen LogP contribution in [0.2, 0.25) is 10.0 Å². The highest BCUT2D eigenvalue weighted by Gasteiger charge is 2.06. The van der Waals surface area contributed by atoms with Gasteiger partial charge in [-0.15, -0.1) is 0 Å². The summed E-state index contributed by atoms with van der Waals surface area (Å²) >= 11 is 11.6. The number of esters is 2. The SMILES string of the molecule is CCOC(=O)/C=C/C#CCOC(=O)COc1ccc(Cl)cc1Cl. The van der Waals surface area contributed by atoms with E-state index in [0.29, 0.717) is 22.4 Å². The molecule has 0 atom stereocenters. The molecule has 1 aromatic rings. The van der Waals surface area contributed by atoms with E-state index in [1.54, 1.807) is 19.1 Å². The summed E-state index contributed by atoms with van der Waals surface area (Å²) in [6.45, 7) is 1.58. The highest BCUT2D eigenvalue weighted by molar-refractivity contribution is 6.35. The third kappa shape index (κ3) is 8.15. The predicted octanol–water partition coefficient (Wildman–Crippen LogP) is 3.04. The number of hydrogen-bond acceptors (Lipinski definition) is 5. The standard InChI is InChI=1S/C16H14Cl2O5/c1-2-21-15(19)6-4-3-5-9-22-16(20)11-23-14-8-7-12(17)10-13(14)18/h4,6-8,10H,2,9,11H2,1H3/b6-4+. The van der Waals surface area contributed by atoms with Gasteiger partial charge in [0.2, 0.25) is 0 Å². The van der Waals surface area contributed by atoms with Gasteiger partial charge < -0.3 is 14.2 Å². The van der Waals surface area contributed by atoms with E-state index in [9.17, 15) is 9.59 Å². The van der Waals surface area contributed by atoms with Gasteiger partial charge >= 0.3 is 11.9 Å². The molecular weight excluding hydrogens is 343 g/mol. The molecule has 0 aliphatic carbocycles. The van der Waals surface area contributed by atoms with E-state index in [1.165, 1.54) is 18.2 Å². The lowest BCUT2D eigenvalue weighted by Gasteiger charge is -2.07. The molecule has 0 saturated carbocycles. The number of hydrogen-bond donors (Lipinski definition) is 0. The Hall–Kier alpha value is -2.16. The number of allylic oxidation sites excluding steroid dienone is 1. The van der Waals surface area contributed by atoms with E-state index in [1.807, 2.05) is 0 Å². The first kappa shape index (κ1) is 18.9. The zero-order valence-corrected chi connectivity index (χ0v) is 13.8. The molecule has 0 saturated heterocycles. The molecule has 0 radical (unpaired) electrons. The molecule has 1 rings (SSSR count). The largest absolute Gasteiger partial charge is 0.480 e. The van der Waals surface area contributed by atoms with Crippen LogP contribution in [0.25, 0.3) is 0 Å². The number of halogens is 2. The number of carbonyl (C=O) groups is 2. The highest BCUT2D eigenvalue weighted by atomic mass is 35.5. The molecule has 7 heteroatoms. The average molecular weight is 357 g/mol. The van der Waals surface area contributed by atoms with Gasteiger partial charge in [-0.3, -0.25) is 0 Å². The Morgan fingerprint density at radius 3 is 2.74 bits per heavy atom. The first-order valence-corrected chi connectivity index (χ1v) is 7.33. The van der Waals surface area contributed by atoms with Crippen molar-refractivity contribution in [1.82, 2.24) is 0 Å². The lowest BCUT2D eigenvalue weighted by Crippen LogP contribution is -2.15. The Morgan fingerprint density at radius 1 is 1.26 bits per heavy atom. The lowest BCUT2D eigenvalue weighted by molar-refractivity contribution is -0.144. The van der Waals surface area contributed by atoms with Crippen LogP contribution in [0.3, 0.4) is 0 Å². The fourth-order valence-corrected chi connectivity index (χ4v) is 1.75. The van der Waals surface area contributed by atoms with Crippen molar-refractivity contribution in [3.05, 3.63) is 40.4 Å². The molecule has 0 fully saturated rings. The van der Waals surface area contributed by atoms with Crippen molar-refractivity contribution >= 4 is 35.1 Å². The highest BCUT2D eigenvalue weighted by Crippen LogP contribution is 2.27. The van der Waals surface area contributed by atoms with Crippen LogP contribution in [0.4, 0.5) is 0 Å². The Morgan fingerprint density at radius 2 is 2.04 bits per heavy atom. The Kier molecular flexibility index (Phi) is 8.66. The third-order valence-electron chi connectivity index (χ3n) is 2.24. The van der Waals surface area contributed by atoms with Crippen LogP contribution in [0.15, 0.2) is 30.4 Å². The average Bonchev–Trinajstić information content (AvgIpc) is 2.50. The first-order valence-electron chi connectivity index (χ1n) is 6.58. The Labute approximate surface area is 144 Å². The fraction of sp³-hybridized carbons (Fsp3) is 0.250. The molecule has 5 nitrogen and oxygen atoms in total. The second-order valence-electron chi connectivity index (χ2n) is 3.93. The molecule has 0 heterocycles. The van der Waals surface area contributed by atoms with E-state index in [-0.39, 0.29) is 13.2 Å². The van der Waals surface area contributed by atoms with E-state index < -0.39 is 11.9 Å². The quantitative estimate of drug-likeness (QED) is 0.445. The topological polar surface area (TPSA) is 61.8 Å². The van der Waals surface area contributed by atoms with Crippen LogP contribution in [0.1, 0.15) is 6.92 Å². The van der Waals surface area contributed by atoms with Crippen molar-refractivity contribution < 1.29 is 23.8 Å². The molecule has 0 amide bonds. The summed E-state index contributed by atoms with van der Waals surface area (Å²) in [5.41, 5.74) is 0. The summed E-state index contributed by atoms with van der Waals surface area (Å²) in [6.07, 6.45) is 2.50. The lowest BCUT2D eigenvalue weighted by atomic mass is 10.3. The van der Waals surface area contributed by atoms with Crippen molar-refractivity contribution in [3.63, 3.8) is 0 Å². The molecule has 0 aromatic heterocycles. The van der Waals surface area contributed by atoms with E-state index in [0.717, 1.165) is 0 Å². The molecule has 0 unspecified atom stereocenters. The summed E-state index contributed by atoms with van der Waals surface area (Å²) in [4.78, 5) is 22.4. The predicted molar refractivity (Wildman–Crippen MR) is 86.5 cm³/mol. The fourth-order valence-electron chi connectivity index (χ4n) is 1.29. The molecule has 0 spiro atoms. The molecular formula is C16H14Cl2O5. The van der Waals surface area contributed by atoms with Crippen LogP contribution in [0.5, 0.6) is 5.75 Å². The minimum absolute atomic E-state index is 0.121. The van der Waals surface area contributed by atoms with Gasteiger partial charge in [-0.1, -0.05) is 35.0 Å². The third-order valence-corrected chi connectivity index (χ3v) is 2.77. The summed E-state index contributed by atoms with van der Waals surface area (Å²) in [6, 6.07) is 4.65. The molecule has 23 heavy (non-hydrogen) atoms. The molecule has 0 N–H and O–H groups in total. The number of ether oxygens (including phenoxy) is 3. The second kappa shape index (κ2) is 10.5.